The number of amides is 2. The molecular formula is C20H20ClN3O4. The molecule has 0 fully saturated rings. The van der Waals surface area contributed by atoms with E-state index < -0.39 is 22.3 Å². The van der Waals surface area contributed by atoms with Gasteiger partial charge < -0.3 is 10.6 Å². The fourth-order valence-corrected chi connectivity index (χ4v) is 2.43. The van der Waals surface area contributed by atoms with Gasteiger partial charge in [0, 0.05) is 28.3 Å². The van der Waals surface area contributed by atoms with Gasteiger partial charge >= 0.3 is 0 Å². The maximum atomic E-state index is 12.7. The van der Waals surface area contributed by atoms with Crippen molar-refractivity contribution in [2.45, 2.75) is 26.3 Å². The summed E-state index contributed by atoms with van der Waals surface area (Å²) < 4.78 is 0. The number of nitrogens with one attached hydrogen (secondary N) is 2. The smallest absolute Gasteiger partial charge is 0.269 e. The first-order valence-electron chi connectivity index (χ1n) is 8.41. The maximum absolute atomic E-state index is 12.7. The number of halogens is 1. The molecule has 0 saturated carbocycles. The van der Waals surface area contributed by atoms with E-state index in [1.54, 1.807) is 24.3 Å². The number of nitrogens with zero attached hydrogens (tertiary/aromatic N) is 1. The Morgan fingerprint density at radius 1 is 1.07 bits per heavy atom. The molecule has 0 atom stereocenters. The predicted molar refractivity (Wildman–Crippen MR) is 108 cm³/mol. The van der Waals surface area contributed by atoms with Crippen LogP contribution in [0.3, 0.4) is 0 Å². The molecule has 0 saturated heterocycles. The minimum atomic E-state index is -0.572. The van der Waals surface area contributed by atoms with Gasteiger partial charge in [-0.05, 0) is 50.6 Å². The molecule has 0 bridgehead atoms. The van der Waals surface area contributed by atoms with E-state index in [4.69, 9.17) is 11.6 Å². The molecule has 0 aliphatic carbocycles. The second-order valence-electron chi connectivity index (χ2n) is 7.04. The van der Waals surface area contributed by atoms with Crippen LogP contribution < -0.4 is 10.6 Å². The van der Waals surface area contributed by atoms with E-state index in [0.29, 0.717) is 10.6 Å². The SMILES string of the molecule is CC(C)(C)NC(=O)/C(=C\c1ccccc1Cl)NC(=O)c1ccc([N+](=O)[O-])cc1. The first-order valence-corrected chi connectivity index (χ1v) is 8.79. The number of rotatable bonds is 5. The van der Waals surface area contributed by atoms with Crippen LogP contribution in [-0.2, 0) is 4.79 Å². The molecule has 0 unspecified atom stereocenters. The standard InChI is InChI=1S/C20H20ClN3O4/c1-20(2,3)23-19(26)17(12-14-6-4-5-7-16(14)21)22-18(25)13-8-10-15(11-9-13)24(27)28/h4-12H,1-3H3,(H,22,25)(H,23,26)/b17-12+. The van der Waals surface area contributed by atoms with Gasteiger partial charge in [0.25, 0.3) is 17.5 Å². The van der Waals surface area contributed by atoms with Gasteiger partial charge in [0.2, 0.25) is 0 Å². The van der Waals surface area contributed by atoms with Crippen LogP contribution in [0.5, 0.6) is 0 Å². The molecule has 0 aromatic heterocycles. The van der Waals surface area contributed by atoms with E-state index in [-0.39, 0.29) is 16.9 Å². The molecule has 28 heavy (non-hydrogen) atoms. The monoisotopic (exact) mass is 401 g/mol. The molecule has 0 aliphatic heterocycles. The van der Waals surface area contributed by atoms with Crippen LogP contribution >= 0.6 is 11.6 Å². The molecule has 0 heterocycles. The normalized spacial score (nSPS) is 11.6. The van der Waals surface area contributed by atoms with Crippen LogP contribution in [0.1, 0.15) is 36.7 Å². The molecule has 2 amide bonds. The van der Waals surface area contributed by atoms with Crippen LogP contribution in [0.25, 0.3) is 6.08 Å². The van der Waals surface area contributed by atoms with Crippen LogP contribution in [0, 0.1) is 10.1 Å². The zero-order chi connectivity index (χ0) is 20.9. The lowest BCUT2D eigenvalue weighted by molar-refractivity contribution is -0.384. The summed E-state index contributed by atoms with van der Waals surface area (Å²) in [6.45, 7) is 5.45. The van der Waals surface area contributed by atoms with Gasteiger partial charge in [-0.15, -0.1) is 0 Å². The highest BCUT2D eigenvalue weighted by Gasteiger charge is 2.20. The largest absolute Gasteiger partial charge is 0.346 e. The molecule has 146 valence electrons. The van der Waals surface area contributed by atoms with Crippen molar-refractivity contribution in [3.63, 3.8) is 0 Å². The molecule has 2 N–H and O–H groups in total. The average Bonchev–Trinajstić information content (AvgIpc) is 2.61. The summed E-state index contributed by atoms with van der Waals surface area (Å²) in [6, 6.07) is 12.0. The second kappa shape index (κ2) is 8.67. The van der Waals surface area contributed by atoms with Gasteiger partial charge in [-0.3, -0.25) is 19.7 Å². The van der Waals surface area contributed by atoms with Crippen molar-refractivity contribution in [3.8, 4) is 0 Å². The number of nitro benzene ring substituents is 1. The molecule has 2 aromatic carbocycles. The fraction of sp³-hybridized carbons (Fsp3) is 0.200. The summed E-state index contributed by atoms with van der Waals surface area (Å²) in [5.41, 5.74) is 0.0982. The van der Waals surface area contributed by atoms with Gasteiger partial charge in [-0.25, -0.2) is 0 Å². The van der Waals surface area contributed by atoms with E-state index in [0.717, 1.165) is 0 Å². The number of hydrogen-bond acceptors (Lipinski definition) is 4. The summed E-state index contributed by atoms with van der Waals surface area (Å²) in [4.78, 5) is 35.4. The van der Waals surface area contributed by atoms with Gasteiger partial charge in [0.05, 0.1) is 4.92 Å². The van der Waals surface area contributed by atoms with Crippen molar-refractivity contribution in [2.75, 3.05) is 0 Å². The van der Waals surface area contributed by atoms with E-state index in [1.807, 2.05) is 20.8 Å². The molecule has 0 spiro atoms. The predicted octanol–water partition coefficient (Wildman–Crippen LogP) is 3.93. The van der Waals surface area contributed by atoms with E-state index >= 15 is 0 Å². The molecule has 7 nitrogen and oxygen atoms in total. The first-order chi connectivity index (χ1) is 13.1. The number of carbonyl (C=O) groups excluding carboxylic acids is 2. The zero-order valence-electron chi connectivity index (χ0n) is 15.7. The van der Waals surface area contributed by atoms with Crippen LogP contribution in [-0.4, -0.2) is 22.3 Å². The Balaban J connectivity index is 2.33. The minimum Gasteiger partial charge on any atom is -0.346 e. The Morgan fingerprint density at radius 2 is 1.68 bits per heavy atom. The van der Waals surface area contributed by atoms with Crippen molar-refractivity contribution in [1.82, 2.24) is 10.6 Å². The topological polar surface area (TPSA) is 101 Å². The Kier molecular flexibility index (Phi) is 6.53. The lowest BCUT2D eigenvalue weighted by Gasteiger charge is -2.22. The number of non-ortho nitro benzene ring substituents is 1. The molecular weight excluding hydrogens is 382 g/mol. The first kappa shape index (κ1) is 21.1. The van der Waals surface area contributed by atoms with Crippen molar-refractivity contribution in [3.05, 3.63) is 80.5 Å². The molecule has 2 aromatic rings. The van der Waals surface area contributed by atoms with E-state index in [1.165, 1.54) is 30.3 Å². The van der Waals surface area contributed by atoms with Gasteiger partial charge in [0.1, 0.15) is 5.70 Å². The zero-order valence-corrected chi connectivity index (χ0v) is 16.4. The molecule has 0 aliphatic rings. The number of carbonyl (C=O) groups is 2. The number of nitro groups is 1. The Labute approximate surface area is 167 Å². The summed E-state index contributed by atoms with van der Waals surface area (Å²) in [7, 11) is 0. The second-order valence-corrected chi connectivity index (χ2v) is 7.45. The summed E-state index contributed by atoms with van der Waals surface area (Å²) in [5, 5.41) is 16.5. The number of benzene rings is 2. The highest BCUT2D eigenvalue weighted by Crippen LogP contribution is 2.18. The summed E-state index contributed by atoms with van der Waals surface area (Å²) in [6.07, 6.45) is 1.48. The number of hydrogen-bond donors (Lipinski definition) is 2. The van der Waals surface area contributed by atoms with Crippen molar-refractivity contribution < 1.29 is 14.5 Å². The minimum absolute atomic E-state index is 0.00591. The van der Waals surface area contributed by atoms with Crippen LogP contribution in [0.4, 0.5) is 5.69 Å². The summed E-state index contributed by atoms with van der Waals surface area (Å²) >= 11 is 6.15. The van der Waals surface area contributed by atoms with Gasteiger partial charge in [0.15, 0.2) is 0 Å². The third-order valence-corrected chi connectivity index (χ3v) is 3.87. The maximum Gasteiger partial charge on any atom is 0.269 e. The Hall–Kier alpha value is -3.19. The van der Waals surface area contributed by atoms with Crippen molar-refractivity contribution in [1.29, 1.82) is 0 Å². The Bertz CT molecular complexity index is 931. The fourth-order valence-electron chi connectivity index (χ4n) is 2.24. The highest BCUT2D eigenvalue weighted by atomic mass is 35.5. The molecule has 0 radical (unpaired) electrons. The van der Waals surface area contributed by atoms with Crippen molar-refractivity contribution >= 4 is 35.2 Å². The van der Waals surface area contributed by atoms with Crippen LogP contribution in [0.2, 0.25) is 5.02 Å². The summed E-state index contributed by atoms with van der Waals surface area (Å²) in [5.74, 6) is -1.06. The van der Waals surface area contributed by atoms with E-state index in [2.05, 4.69) is 10.6 Å². The lowest BCUT2D eigenvalue weighted by Crippen LogP contribution is -2.44. The third kappa shape index (κ3) is 5.92. The van der Waals surface area contributed by atoms with Crippen molar-refractivity contribution in [2.24, 2.45) is 0 Å². The Morgan fingerprint density at radius 3 is 2.21 bits per heavy atom. The average molecular weight is 402 g/mol. The molecule has 2 rings (SSSR count). The van der Waals surface area contributed by atoms with Gasteiger partial charge in [-0.2, -0.15) is 0 Å². The van der Waals surface area contributed by atoms with E-state index in [9.17, 15) is 19.7 Å². The van der Waals surface area contributed by atoms with Crippen LogP contribution in [0.15, 0.2) is 54.2 Å². The third-order valence-electron chi connectivity index (χ3n) is 3.53. The molecule has 8 heteroatoms. The highest BCUT2D eigenvalue weighted by molar-refractivity contribution is 6.32. The quantitative estimate of drug-likeness (QED) is 0.450. The van der Waals surface area contributed by atoms with Gasteiger partial charge in [-0.1, -0.05) is 29.8 Å². The lowest BCUT2D eigenvalue weighted by atomic mass is 10.1.